The molecule has 26 heavy (non-hydrogen) atoms. The maximum atomic E-state index is 12.0. The van der Waals surface area contributed by atoms with Crippen LogP contribution in [0.25, 0.3) is 6.08 Å². The molecule has 0 radical (unpaired) electrons. The predicted octanol–water partition coefficient (Wildman–Crippen LogP) is 3.83. The number of carbonyl (C=O) groups is 1. The summed E-state index contributed by atoms with van der Waals surface area (Å²) in [6.45, 7) is 5.35. The molecule has 0 bridgehead atoms. The Hall–Kier alpha value is -2.66. The molecule has 2 aromatic carbocycles. The number of benzene rings is 2. The maximum Gasteiger partial charge on any atom is 0.244 e. The molecule has 0 aliphatic rings. The second-order valence-electron chi connectivity index (χ2n) is 6.80. The molecule has 1 amide bonds. The van der Waals surface area contributed by atoms with Gasteiger partial charge in [0, 0.05) is 24.9 Å². The van der Waals surface area contributed by atoms with Crippen molar-refractivity contribution in [3.8, 4) is 0 Å². The summed E-state index contributed by atoms with van der Waals surface area (Å²) in [7, 11) is 0. The average molecular weight is 368 g/mol. The first-order valence-corrected chi connectivity index (χ1v) is 8.96. The number of amides is 1. The molecule has 0 unspecified atom stereocenters. The molecule has 2 rings (SSSR count). The van der Waals surface area contributed by atoms with Crippen LogP contribution in [0, 0.1) is 5.41 Å². The summed E-state index contributed by atoms with van der Waals surface area (Å²) >= 11 is 5.31. The Morgan fingerprint density at radius 1 is 0.962 bits per heavy atom. The lowest BCUT2D eigenvalue weighted by Gasteiger charge is -2.26. The number of rotatable bonds is 7. The minimum absolute atomic E-state index is 0.105. The van der Waals surface area contributed by atoms with Crippen molar-refractivity contribution in [2.75, 3.05) is 18.4 Å². The Labute approximate surface area is 160 Å². The molecular weight excluding hydrogens is 342 g/mol. The van der Waals surface area contributed by atoms with E-state index in [0.717, 1.165) is 11.3 Å². The molecule has 0 saturated carbocycles. The van der Waals surface area contributed by atoms with Gasteiger partial charge in [0.1, 0.15) is 0 Å². The largest absolute Gasteiger partial charge is 0.362 e. The first-order chi connectivity index (χ1) is 12.4. The van der Waals surface area contributed by atoms with Gasteiger partial charge >= 0.3 is 0 Å². The Kier molecular flexibility index (Phi) is 7.36. The second kappa shape index (κ2) is 9.73. The van der Waals surface area contributed by atoms with Crippen LogP contribution in [0.3, 0.4) is 0 Å². The molecule has 0 spiro atoms. The van der Waals surface area contributed by atoms with Crippen molar-refractivity contribution in [2.45, 2.75) is 13.8 Å². The minimum atomic E-state index is -0.140. The zero-order chi connectivity index (χ0) is 18.8. The van der Waals surface area contributed by atoms with Crippen LogP contribution in [0.15, 0.2) is 66.7 Å². The van der Waals surface area contributed by atoms with Gasteiger partial charge in [-0.05, 0) is 41.4 Å². The van der Waals surface area contributed by atoms with E-state index in [0.29, 0.717) is 18.2 Å². The third-order valence-electron chi connectivity index (χ3n) is 3.73. The molecule has 4 nitrogen and oxygen atoms in total. The summed E-state index contributed by atoms with van der Waals surface area (Å²) in [6.07, 6.45) is 3.36. The van der Waals surface area contributed by atoms with Crippen LogP contribution in [-0.2, 0) is 4.79 Å². The number of carbonyl (C=O) groups excluding carboxylic acids is 1. The number of para-hydroxylation sites is 1. The lowest BCUT2D eigenvalue weighted by molar-refractivity contribution is -0.116. The first-order valence-electron chi connectivity index (χ1n) is 8.55. The summed E-state index contributed by atoms with van der Waals surface area (Å²) < 4.78 is 0. The number of nitrogens with one attached hydrogen (secondary N) is 3. The van der Waals surface area contributed by atoms with Crippen molar-refractivity contribution in [1.29, 1.82) is 0 Å². The fourth-order valence-electron chi connectivity index (χ4n) is 2.20. The summed E-state index contributed by atoms with van der Waals surface area (Å²) in [4.78, 5) is 12.0. The van der Waals surface area contributed by atoms with Gasteiger partial charge < -0.3 is 16.0 Å². The summed E-state index contributed by atoms with van der Waals surface area (Å²) in [6, 6.07) is 19.5. The Morgan fingerprint density at radius 3 is 2.19 bits per heavy atom. The van der Waals surface area contributed by atoms with E-state index >= 15 is 0 Å². The molecule has 0 aliphatic heterocycles. The zero-order valence-electron chi connectivity index (χ0n) is 15.2. The van der Waals surface area contributed by atoms with E-state index in [9.17, 15) is 4.79 Å². The van der Waals surface area contributed by atoms with Crippen LogP contribution >= 0.6 is 12.2 Å². The van der Waals surface area contributed by atoms with Gasteiger partial charge in [-0.3, -0.25) is 4.79 Å². The third kappa shape index (κ3) is 7.49. The number of anilines is 1. The van der Waals surface area contributed by atoms with E-state index in [4.69, 9.17) is 12.2 Å². The fraction of sp³-hybridized carbons (Fsp3) is 0.238. The van der Waals surface area contributed by atoms with Gasteiger partial charge in [0.05, 0.1) is 0 Å². The highest BCUT2D eigenvalue weighted by atomic mass is 32.1. The van der Waals surface area contributed by atoms with E-state index in [2.05, 4.69) is 29.8 Å². The highest BCUT2D eigenvalue weighted by molar-refractivity contribution is 7.80. The molecule has 3 N–H and O–H groups in total. The van der Waals surface area contributed by atoms with Crippen molar-refractivity contribution in [3.63, 3.8) is 0 Å². The first kappa shape index (κ1) is 19.7. The molecule has 0 aliphatic carbocycles. The maximum absolute atomic E-state index is 12.0. The van der Waals surface area contributed by atoms with Crippen LogP contribution < -0.4 is 16.0 Å². The molecule has 0 aromatic heterocycles. The number of hydrogen-bond donors (Lipinski definition) is 3. The van der Waals surface area contributed by atoms with Crippen molar-refractivity contribution in [2.24, 2.45) is 5.41 Å². The van der Waals surface area contributed by atoms with E-state index in [1.54, 1.807) is 12.2 Å². The lowest BCUT2D eigenvalue weighted by Crippen LogP contribution is -2.42. The van der Waals surface area contributed by atoms with Crippen molar-refractivity contribution >= 4 is 35.0 Å². The van der Waals surface area contributed by atoms with Crippen molar-refractivity contribution < 1.29 is 4.79 Å². The van der Waals surface area contributed by atoms with Crippen LogP contribution in [0.2, 0.25) is 0 Å². The Morgan fingerprint density at radius 2 is 1.54 bits per heavy atom. The normalized spacial score (nSPS) is 11.2. The number of thiocarbonyl (C=S) groups is 1. The molecule has 0 fully saturated rings. The molecule has 0 saturated heterocycles. The topological polar surface area (TPSA) is 53.2 Å². The third-order valence-corrected chi connectivity index (χ3v) is 3.97. The highest BCUT2D eigenvalue weighted by Gasteiger charge is 2.18. The minimum Gasteiger partial charge on any atom is -0.362 e. The van der Waals surface area contributed by atoms with Crippen LogP contribution in [0.5, 0.6) is 0 Å². The summed E-state index contributed by atoms with van der Waals surface area (Å²) in [5.74, 6) is -0.105. The van der Waals surface area contributed by atoms with Crippen LogP contribution in [0.1, 0.15) is 19.4 Å². The molecule has 2 aromatic rings. The van der Waals surface area contributed by atoms with Gasteiger partial charge in [-0.1, -0.05) is 62.4 Å². The molecule has 5 heteroatoms. The summed E-state index contributed by atoms with van der Waals surface area (Å²) in [5.41, 5.74) is 1.81. The molecule has 0 atom stereocenters. The van der Waals surface area contributed by atoms with E-state index in [-0.39, 0.29) is 11.3 Å². The molecular formula is C21H25N3OS. The molecule has 136 valence electrons. The Bertz CT molecular complexity index is 742. The van der Waals surface area contributed by atoms with Gasteiger partial charge in [0.15, 0.2) is 5.11 Å². The lowest BCUT2D eigenvalue weighted by atomic mass is 9.93. The van der Waals surface area contributed by atoms with Gasteiger partial charge in [-0.2, -0.15) is 0 Å². The number of hydrogen-bond acceptors (Lipinski definition) is 2. The average Bonchev–Trinajstić information content (AvgIpc) is 2.65. The van der Waals surface area contributed by atoms with Gasteiger partial charge in [-0.15, -0.1) is 0 Å². The Balaban J connectivity index is 1.73. The smallest absolute Gasteiger partial charge is 0.244 e. The quantitative estimate of drug-likeness (QED) is 0.514. The van der Waals surface area contributed by atoms with Gasteiger partial charge in [0.25, 0.3) is 0 Å². The monoisotopic (exact) mass is 367 g/mol. The highest BCUT2D eigenvalue weighted by Crippen LogP contribution is 2.12. The SMILES string of the molecule is CC(C)(CNC(=O)/C=C/c1ccccc1)CNC(=S)Nc1ccccc1. The summed E-state index contributed by atoms with van der Waals surface area (Å²) in [5, 5.41) is 9.85. The second-order valence-corrected chi connectivity index (χ2v) is 7.21. The molecule has 0 heterocycles. The standard InChI is InChI=1S/C21H25N3OS/c1-21(2,16-23-20(26)24-18-11-7-4-8-12-18)15-22-19(25)14-13-17-9-5-3-6-10-17/h3-14H,15-16H2,1-2H3,(H,22,25)(H2,23,24,26)/b14-13+. The van der Waals surface area contributed by atoms with E-state index < -0.39 is 0 Å². The fourth-order valence-corrected chi connectivity index (χ4v) is 2.39. The van der Waals surface area contributed by atoms with Gasteiger partial charge in [-0.25, -0.2) is 0 Å². The van der Waals surface area contributed by atoms with E-state index in [1.807, 2.05) is 60.7 Å². The van der Waals surface area contributed by atoms with Crippen LogP contribution in [-0.4, -0.2) is 24.1 Å². The van der Waals surface area contributed by atoms with Crippen LogP contribution in [0.4, 0.5) is 5.69 Å². The predicted molar refractivity (Wildman–Crippen MR) is 113 cm³/mol. The van der Waals surface area contributed by atoms with Gasteiger partial charge in [0.2, 0.25) is 5.91 Å². The van der Waals surface area contributed by atoms with Crippen molar-refractivity contribution in [3.05, 3.63) is 72.3 Å². The van der Waals surface area contributed by atoms with Crippen molar-refractivity contribution in [1.82, 2.24) is 10.6 Å². The zero-order valence-corrected chi connectivity index (χ0v) is 16.0. The van der Waals surface area contributed by atoms with E-state index in [1.165, 1.54) is 0 Å².